The van der Waals surface area contributed by atoms with E-state index in [9.17, 15) is 8.42 Å². The van der Waals surface area contributed by atoms with Gasteiger partial charge in [-0.05, 0) is 57.0 Å². The van der Waals surface area contributed by atoms with Crippen LogP contribution in [0.15, 0.2) is 0 Å². The van der Waals surface area contributed by atoms with Crippen molar-refractivity contribution in [2.75, 3.05) is 32.7 Å². The molecule has 2 fully saturated rings. The minimum absolute atomic E-state index is 0.480. The largest absolute Gasteiger partial charge is 0.316 e. The molecule has 0 amide bonds. The average molecular weight is 289 g/mol. The Hall–Kier alpha value is -0.170. The molecule has 2 aliphatic rings. The van der Waals surface area contributed by atoms with Crippen LogP contribution in [-0.2, 0) is 10.2 Å². The molecular weight excluding hydrogens is 262 g/mol. The Balaban J connectivity index is 1.73. The maximum atomic E-state index is 12.2. The molecular formula is C13H27N3O2S. The summed E-state index contributed by atoms with van der Waals surface area (Å²) in [5.41, 5.74) is 0. The molecule has 0 bridgehead atoms. The fourth-order valence-electron chi connectivity index (χ4n) is 3.02. The fourth-order valence-corrected chi connectivity index (χ4v) is 4.40. The van der Waals surface area contributed by atoms with Crippen molar-refractivity contribution in [3.8, 4) is 0 Å². The summed E-state index contributed by atoms with van der Waals surface area (Å²) in [5, 5.41) is 3.36. The molecule has 0 aromatic carbocycles. The molecule has 2 rings (SSSR count). The van der Waals surface area contributed by atoms with Crippen molar-refractivity contribution < 1.29 is 8.42 Å². The molecule has 19 heavy (non-hydrogen) atoms. The minimum atomic E-state index is -3.25. The normalized spacial score (nSPS) is 30.4. The predicted octanol–water partition coefficient (Wildman–Crippen LogP) is 0.942. The molecule has 5 nitrogen and oxygen atoms in total. The predicted molar refractivity (Wildman–Crippen MR) is 77.1 cm³/mol. The first-order valence-electron chi connectivity index (χ1n) is 7.53. The van der Waals surface area contributed by atoms with E-state index in [1.807, 2.05) is 0 Å². The third kappa shape index (κ3) is 4.70. The lowest BCUT2D eigenvalue weighted by atomic mass is 9.96. The molecule has 2 atom stereocenters. The van der Waals surface area contributed by atoms with Gasteiger partial charge in [-0.25, -0.2) is 4.72 Å². The molecule has 2 N–H and O–H groups in total. The van der Waals surface area contributed by atoms with Gasteiger partial charge in [-0.2, -0.15) is 12.7 Å². The van der Waals surface area contributed by atoms with Crippen LogP contribution in [0.1, 0.15) is 39.0 Å². The highest BCUT2D eigenvalue weighted by atomic mass is 32.2. The van der Waals surface area contributed by atoms with Crippen LogP contribution < -0.4 is 10.0 Å². The quantitative estimate of drug-likeness (QED) is 0.792. The van der Waals surface area contributed by atoms with E-state index in [1.54, 1.807) is 4.31 Å². The summed E-state index contributed by atoms with van der Waals surface area (Å²) in [6.45, 7) is 6.16. The average Bonchev–Trinajstić information content (AvgIpc) is 2.40. The van der Waals surface area contributed by atoms with E-state index in [0.717, 1.165) is 32.4 Å². The van der Waals surface area contributed by atoms with E-state index in [0.29, 0.717) is 31.5 Å². The Morgan fingerprint density at radius 1 is 1.32 bits per heavy atom. The topological polar surface area (TPSA) is 61.4 Å². The van der Waals surface area contributed by atoms with Crippen molar-refractivity contribution >= 4 is 10.2 Å². The van der Waals surface area contributed by atoms with E-state index in [4.69, 9.17) is 0 Å². The van der Waals surface area contributed by atoms with E-state index >= 15 is 0 Å². The van der Waals surface area contributed by atoms with Crippen LogP contribution in [0.4, 0.5) is 0 Å². The Labute approximate surface area is 117 Å². The zero-order valence-corrected chi connectivity index (χ0v) is 12.7. The summed E-state index contributed by atoms with van der Waals surface area (Å²) < 4.78 is 28.7. The molecule has 112 valence electrons. The van der Waals surface area contributed by atoms with Gasteiger partial charge in [0.1, 0.15) is 0 Å². The second-order valence-electron chi connectivity index (χ2n) is 6.01. The first kappa shape index (κ1) is 15.2. The fraction of sp³-hybridized carbons (Fsp3) is 1.00. The molecule has 0 saturated carbocycles. The van der Waals surface area contributed by atoms with Gasteiger partial charge in [0.2, 0.25) is 0 Å². The lowest BCUT2D eigenvalue weighted by Gasteiger charge is -2.30. The second-order valence-corrected chi connectivity index (χ2v) is 7.76. The summed E-state index contributed by atoms with van der Waals surface area (Å²) in [4.78, 5) is 0. The first-order chi connectivity index (χ1) is 9.08. The van der Waals surface area contributed by atoms with Crippen molar-refractivity contribution in [1.29, 1.82) is 0 Å². The third-order valence-electron chi connectivity index (χ3n) is 4.20. The van der Waals surface area contributed by atoms with E-state index in [-0.39, 0.29) is 0 Å². The summed E-state index contributed by atoms with van der Waals surface area (Å²) in [6.07, 6.45) is 5.49. The van der Waals surface area contributed by atoms with Crippen LogP contribution >= 0.6 is 0 Å². The van der Waals surface area contributed by atoms with Gasteiger partial charge >= 0.3 is 0 Å². The van der Waals surface area contributed by atoms with Crippen molar-refractivity contribution in [2.24, 2.45) is 11.8 Å². The number of hydrogen-bond donors (Lipinski definition) is 2. The molecule has 2 aliphatic heterocycles. The molecule has 2 heterocycles. The molecule has 2 saturated heterocycles. The van der Waals surface area contributed by atoms with Crippen LogP contribution in [0.25, 0.3) is 0 Å². The standard InChI is InChI=1S/C13H27N3O2S/c1-12-4-3-9-16(11-12)19(17,18)15-8-6-13-5-2-7-14-10-13/h12-15H,2-11H2,1H3. The minimum Gasteiger partial charge on any atom is -0.316 e. The van der Waals surface area contributed by atoms with Crippen LogP contribution in [0, 0.1) is 11.8 Å². The lowest BCUT2D eigenvalue weighted by molar-refractivity contribution is 0.277. The molecule has 0 aromatic rings. The maximum Gasteiger partial charge on any atom is 0.279 e. The Morgan fingerprint density at radius 3 is 2.84 bits per heavy atom. The number of rotatable bonds is 5. The molecule has 0 spiro atoms. The zero-order valence-electron chi connectivity index (χ0n) is 11.9. The molecule has 0 radical (unpaired) electrons. The van der Waals surface area contributed by atoms with Crippen LogP contribution in [-0.4, -0.2) is 45.4 Å². The lowest BCUT2D eigenvalue weighted by Crippen LogP contribution is -2.46. The van der Waals surface area contributed by atoms with Gasteiger partial charge < -0.3 is 5.32 Å². The van der Waals surface area contributed by atoms with Crippen LogP contribution in [0.3, 0.4) is 0 Å². The van der Waals surface area contributed by atoms with Gasteiger partial charge in [0.15, 0.2) is 0 Å². The molecule has 0 aromatic heterocycles. The van der Waals surface area contributed by atoms with E-state index < -0.39 is 10.2 Å². The molecule has 6 heteroatoms. The number of nitrogens with zero attached hydrogens (tertiary/aromatic N) is 1. The number of nitrogens with one attached hydrogen (secondary N) is 2. The number of hydrogen-bond acceptors (Lipinski definition) is 3. The van der Waals surface area contributed by atoms with Gasteiger partial charge in [-0.3, -0.25) is 0 Å². The van der Waals surface area contributed by atoms with Gasteiger partial charge in [-0.1, -0.05) is 6.92 Å². The highest BCUT2D eigenvalue weighted by Crippen LogP contribution is 2.18. The second kappa shape index (κ2) is 7.02. The number of piperidine rings is 2. The summed E-state index contributed by atoms with van der Waals surface area (Å²) >= 11 is 0. The molecule has 2 unspecified atom stereocenters. The monoisotopic (exact) mass is 289 g/mol. The van der Waals surface area contributed by atoms with Crippen molar-refractivity contribution in [1.82, 2.24) is 14.3 Å². The summed E-state index contributed by atoms with van der Waals surface area (Å²) in [5.74, 6) is 1.10. The Kier molecular flexibility index (Phi) is 5.62. The Bertz CT molecular complexity index is 366. The maximum absolute atomic E-state index is 12.2. The first-order valence-corrected chi connectivity index (χ1v) is 8.97. The zero-order chi connectivity index (χ0) is 13.7. The van der Waals surface area contributed by atoms with Gasteiger partial charge in [0, 0.05) is 19.6 Å². The highest BCUT2D eigenvalue weighted by molar-refractivity contribution is 7.87. The van der Waals surface area contributed by atoms with Crippen molar-refractivity contribution in [2.45, 2.75) is 39.0 Å². The van der Waals surface area contributed by atoms with Crippen molar-refractivity contribution in [3.63, 3.8) is 0 Å². The summed E-state index contributed by atoms with van der Waals surface area (Å²) in [7, 11) is -3.25. The van der Waals surface area contributed by atoms with Crippen LogP contribution in [0.2, 0.25) is 0 Å². The highest BCUT2D eigenvalue weighted by Gasteiger charge is 2.26. The van der Waals surface area contributed by atoms with Crippen LogP contribution in [0.5, 0.6) is 0 Å². The third-order valence-corrected chi connectivity index (χ3v) is 5.78. The molecule has 0 aliphatic carbocycles. The van der Waals surface area contributed by atoms with Gasteiger partial charge in [-0.15, -0.1) is 0 Å². The Morgan fingerprint density at radius 2 is 2.16 bits per heavy atom. The SMILES string of the molecule is CC1CCCN(S(=O)(=O)NCCC2CCCNC2)C1. The van der Waals surface area contributed by atoms with Gasteiger partial charge in [0.05, 0.1) is 0 Å². The summed E-state index contributed by atoms with van der Waals surface area (Å²) in [6, 6.07) is 0. The van der Waals surface area contributed by atoms with E-state index in [1.165, 1.54) is 12.8 Å². The smallest absolute Gasteiger partial charge is 0.279 e. The van der Waals surface area contributed by atoms with Gasteiger partial charge in [0.25, 0.3) is 10.2 Å². The van der Waals surface area contributed by atoms with E-state index in [2.05, 4.69) is 17.0 Å². The van der Waals surface area contributed by atoms with Crippen molar-refractivity contribution in [3.05, 3.63) is 0 Å².